The van der Waals surface area contributed by atoms with Crippen molar-refractivity contribution in [2.75, 3.05) is 5.32 Å². The van der Waals surface area contributed by atoms with E-state index in [-0.39, 0.29) is 5.91 Å². The molecule has 1 aromatic rings. The van der Waals surface area contributed by atoms with Crippen molar-refractivity contribution in [3.63, 3.8) is 0 Å². The Morgan fingerprint density at radius 3 is 2.32 bits per heavy atom. The molecule has 1 atom stereocenters. The molecule has 19 heavy (non-hydrogen) atoms. The number of primary amides is 1. The standard InChI is InChI=1S/C12H14Cl2N2O2S/c1-5-6(2)19-9(7(5)8(15)17)16-10(18)11(3)4-12(11,13)14/h4H2,1-3H3,(H2,15,17)(H,16,18)/t11-/m0/s1. The molecule has 0 unspecified atom stereocenters. The molecule has 0 radical (unpaired) electrons. The molecule has 2 amide bonds. The molecule has 7 heteroatoms. The average molecular weight is 321 g/mol. The summed E-state index contributed by atoms with van der Waals surface area (Å²) in [5.74, 6) is -0.845. The Morgan fingerprint density at radius 2 is 1.89 bits per heavy atom. The van der Waals surface area contributed by atoms with Crippen LogP contribution in [-0.2, 0) is 4.79 Å². The Balaban J connectivity index is 2.28. The molecule has 1 aromatic heterocycles. The summed E-state index contributed by atoms with van der Waals surface area (Å²) in [7, 11) is 0. The molecule has 0 bridgehead atoms. The van der Waals surface area contributed by atoms with Crippen LogP contribution < -0.4 is 11.1 Å². The van der Waals surface area contributed by atoms with Gasteiger partial charge in [-0.3, -0.25) is 9.59 Å². The Bertz CT molecular complexity index is 583. The molecule has 1 aliphatic carbocycles. The van der Waals surface area contributed by atoms with Crippen molar-refractivity contribution >= 4 is 51.4 Å². The van der Waals surface area contributed by atoms with Gasteiger partial charge in [0.1, 0.15) is 9.33 Å². The topological polar surface area (TPSA) is 72.2 Å². The van der Waals surface area contributed by atoms with Crippen LogP contribution in [0.15, 0.2) is 0 Å². The van der Waals surface area contributed by atoms with Gasteiger partial charge in [0.15, 0.2) is 0 Å². The van der Waals surface area contributed by atoms with Gasteiger partial charge in [0.05, 0.1) is 11.0 Å². The average Bonchev–Trinajstić information content (AvgIpc) is 2.64. The normalized spacial score (nSPS) is 24.1. The van der Waals surface area contributed by atoms with Crippen molar-refractivity contribution in [2.24, 2.45) is 11.1 Å². The van der Waals surface area contributed by atoms with Crippen LogP contribution in [0.1, 0.15) is 34.1 Å². The minimum absolute atomic E-state index is 0.291. The minimum Gasteiger partial charge on any atom is -0.365 e. The molecule has 0 aliphatic heterocycles. The fraction of sp³-hybridized carbons (Fsp3) is 0.500. The van der Waals surface area contributed by atoms with Gasteiger partial charge in [-0.25, -0.2) is 0 Å². The van der Waals surface area contributed by atoms with Gasteiger partial charge in [-0.05, 0) is 32.8 Å². The monoisotopic (exact) mass is 320 g/mol. The first kappa shape index (κ1) is 14.6. The summed E-state index contributed by atoms with van der Waals surface area (Å²) in [6.07, 6.45) is 0.393. The van der Waals surface area contributed by atoms with E-state index in [1.54, 1.807) is 13.8 Å². The van der Waals surface area contributed by atoms with E-state index in [0.29, 0.717) is 17.0 Å². The van der Waals surface area contributed by atoms with Gasteiger partial charge in [-0.2, -0.15) is 0 Å². The highest BCUT2D eigenvalue weighted by atomic mass is 35.5. The van der Waals surface area contributed by atoms with Gasteiger partial charge < -0.3 is 11.1 Å². The van der Waals surface area contributed by atoms with Crippen molar-refractivity contribution in [2.45, 2.75) is 31.5 Å². The lowest BCUT2D eigenvalue weighted by Crippen LogP contribution is -2.26. The number of anilines is 1. The molecular formula is C12H14Cl2N2O2S. The first-order valence-electron chi connectivity index (χ1n) is 5.69. The molecule has 0 aromatic carbocycles. The van der Waals surface area contributed by atoms with Gasteiger partial charge in [0, 0.05) is 4.88 Å². The largest absolute Gasteiger partial charge is 0.365 e. The number of aryl methyl sites for hydroxylation is 1. The zero-order chi connectivity index (χ0) is 14.6. The van der Waals surface area contributed by atoms with Crippen molar-refractivity contribution < 1.29 is 9.59 Å². The highest BCUT2D eigenvalue weighted by Gasteiger charge is 2.68. The van der Waals surface area contributed by atoms with E-state index < -0.39 is 15.7 Å². The molecular weight excluding hydrogens is 307 g/mol. The number of hydrogen-bond acceptors (Lipinski definition) is 3. The lowest BCUT2D eigenvalue weighted by atomic mass is 10.1. The number of thiophene rings is 1. The molecule has 0 saturated heterocycles. The summed E-state index contributed by atoms with van der Waals surface area (Å²) in [6.45, 7) is 5.36. The van der Waals surface area contributed by atoms with Crippen LogP contribution in [0.4, 0.5) is 5.00 Å². The zero-order valence-electron chi connectivity index (χ0n) is 10.8. The second-order valence-electron chi connectivity index (χ2n) is 5.02. The predicted octanol–water partition coefficient (Wildman–Crippen LogP) is 2.99. The number of nitrogens with one attached hydrogen (secondary N) is 1. The van der Waals surface area contributed by atoms with E-state index in [2.05, 4.69) is 5.32 Å². The van der Waals surface area contributed by atoms with Crippen LogP contribution in [-0.4, -0.2) is 16.1 Å². The summed E-state index contributed by atoms with van der Waals surface area (Å²) in [5.41, 5.74) is 5.67. The van der Waals surface area contributed by atoms with Crippen LogP contribution in [0.25, 0.3) is 0 Å². The maximum Gasteiger partial charge on any atom is 0.251 e. The van der Waals surface area contributed by atoms with Crippen LogP contribution in [0.3, 0.4) is 0 Å². The summed E-state index contributed by atoms with van der Waals surface area (Å²) >= 11 is 13.3. The first-order valence-corrected chi connectivity index (χ1v) is 7.26. The second-order valence-corrected chi connectivity index (χ2v) is 7.73. The molecule has 1 aliphatic rings. The highest BCUT2D eigenvalue weighted by Crippen LogP contribution is 2.64. The highest BCUT2D eigenvalue weighted by molar-refractivity contribution is 7.16. The SMILES string of the molecule is Cc1sc(NC(=O)[C@]2(C)CC2(Cl)Cl)c(C(N)=O)c1C. The van der Waals surface area contributed by atoms with Gasteiger partial charge >= 0.3 is 0 Å². The summed E-state index contributed by atoms with van der Waals surface area (Å²) in [5, 5.41) is 3.18. The molecule has 3 N–H and O–H groups in total. The van der Waals surface area contributed by atoms with Crippen molar-refractivity contribution in [3.05, 3.63) is 16.0 Å². The Morgan fingerprint density at radius 1 is 1.37 bits per heavy atom. The van der Waals surface area contributed by atoms with Gasteiger partial charge in [0.2, 0.25) is 5.91 Å². The number of nitrogens with two attached hydrogens (primary N) is 1. The van der Waals surface area contributed by atoms with E-state index in [1.165, 1.54) is 11.3 Å². The number of amides is 2. The third-order valence-electron chi connectivity index (χ3n) is 3.62. The maximum absolute atomic E-state index is 12.2. The lowest BCUT2D eigenvalue weighted by molar-refractivity contribution is -0.120. The summed E-state index contributed by atoms with van der Waals surface area (Å²) in [6, 6.07) is 0. The minimum atomic E-state index is -1.04. The predicted molar refractivity (Wildman–Crippen MR) is 78.1 cm³/mol. The van der Waals surface area contributed by atoms with E-state index in [0.717, 1.165) is 10.4 Å². The van der Waals surface area contributed by atoms with Crippen molar-refractivity contribution in [3.8, 4) is 0 Å². The summed E-state index contributed by atoms with van der Waals surface area (Å²) < 4.78 is -1.04. The number of carbonyl (C=O) groups is 2. The third-order valence-corrected chi connectivity index (χ3v) is 5.84. The fourth-order valence-electron chi connectivity index (χ4n) is 1.90. The van der Waals surface area contributed by atoms with Crippen LogP contribution in [0, 0.1) is 19.3 Å². The van der Waals surface area contributed by atoms with E-state index >= 15 is 0 Å². The second kappa shape index (κ2) is 4.36. The van der Waals surface area contributed by atoms with Crippen LogP contribution in [0.5, 0.6) is 0 Å². The number of rotatable bonds is 3. The molecule has 0 spiro atoms. The third kappa shape index (κ3) is 2.24. The molecule has 4 nitrogen and oxygen atoms in total. The lowest BCUT2D eigenvalue weighted by Gasteiger charge is -2.12. The quantitative estimate of drug-likeness (QED) is 0.840. The molecule has 1 heterocycles. The van der Waals surface area contributed by atoms with Gasteiger partial charge in [-0.15, -0.1) is 34.5 Å². The van der Waals surface area contributed by atoms with E-state index in [9.17, 15) is 9.59 Å². The number of carbonyl (C=O) groups excluding carboxylic acids is 2. The maximum atomic E-state index is 12.2. The Labute approximate surface area is 125 Å². The molecule has 2 rings (SSSR count). The zero-order valence-corrected chi connectivity index (χ0v) is 13.1. The van der Waals surface area contributed by atoms with E-state index in [1.807, 2.05) is 6.92 Å². The number of hydrogen-bond donors (Lipinski definition) is 2. The first-order chi connectivity index (χ1) is 8.60. The number of alkyl halides is 2. The van der Waals surface area contributed by atoms with Gasteiger partial charge in [-0.1, -0.05) is 0 Å². The molecule has 1 saturated carbocycles. The smallest absolute Gasteiger partial charge is 0.251 e. The van der Waals surface area contributed by atoms with Crippen LogP contribution in [0.2, 0.25) is 0 Å². The fourth-order valence-corrected chi connectivity index (χ4v) is 3.67. The summed E-state index contributed by atoms with van der Waals surface area (Å²) in [4.78, 5) is 24.6. The Kier molecular flexibility index (Phi) is 3.36. The van der Waals surface area contributed by atoms with Crippen molar-refractivity contribution in [1.29, 1.82) is 0 Å². The molecule has 104 valence electrons. The van der Waals surface area contributed by atoms with Crippen LogP contribution >= 0.6 is 34.5 Å². The van der Waals surface area contributed by atoms with E-state index in [4.69, 9.17) is 28.9 Å². The Hall–Kier alpha value is -0.780. The van der Waals surface area contributed by atoms with Gasteiger partial charge in [0.25, 0.3) is 5.91 Å². The molecule has 1 fully saturated rings. The van der Waals surface area contributed by atoms with Crippen molar-refractivity contribution in [1.82, 2.24) is 0 Å². The number of halogens is 2.